The van der Waals surface area contributed by atoms with Crippen LogP contribution in [0.5, 0.6) is 0 Å². The van der Waals surface area contributed by atoms with Crippen molar-refractivity contribution in [2.75, 3.05) is 13.1 Å². The number of hydrogen-bond donors (Lipinski definition) is 2. The van der Waals surface area contributed by atoms with Crippen LogP contribution < -0.4 is 5.32 Å². The molecule has 0 spiro atoms. The van der Waals surface area contributed by atoms with Crippen molar-refractivity contribution >= 4 is 0 Å². The third-order valence-corrected chi connectivity index (χ3v) is 4.41. The molecule has 1 aliphatic carbocycles. The summed E-state index contributed by atoms with van der Waals surface area (Å²) in [6.45, 7) is 6.32. The molecule has 0 aromatic carbocycles. The summed E-state index contributed by atoms with van der Waals surface area (Å²) in [7, 11) is 0. The van der Waals surface area contributed by atoms with Gasteiger partial charge in [0.2, 0.25) is 0 Å². The minimum absolute atomic E-state index is 0.352. The minimum Gasteiger partial charge on any atom is -0.387 e. The van der Waals surface area contributed by atoms with Crippen molar-refractivity contribution in [2.45, 2.75) is 51.6 Å². The number of hydrogen-bond acceptors (Lipinski definition) is 2. The maximum absolute atomic E-state index is 10.1. The van der Waals surface area contributed by atoms with Gasteiger partial charge in [0.1, 0.15) is 0 Å². The molecule has 2 heteroatoms. The van der Waals surface area contributed by atoms with E-state index < -0.39 is 0 Å². The van der Waals surface area contributed by atoms with E-state index in [0.717, 1.165) is 37.3 Å². The number of β-amino-alcohol motifs (C(OH)–C–C–N with tert-alkyl or cyclic N) is 1. The Morgan fingerprint density at radius 2 is 1.80 bits per heavy atom. The summed E-state index contributed by atoms with van der Waals surface area (Å²) in [5.41, 5.74) is -0.352. The van der Waals surface area contributed by atoms with Crippen molar-refractivity contribution in [1.82, 2.24) is 5.32 Å². The van der Waals surface area contributed by atoms with Crippen LogP contribution in [0.4, 0.5) is 0 Å². The zero-order valence-electron chi connectivity index (χ0n) is 10.1. The quantitative estimate of drug-likeness (QED) is 0.750. The zero-order valence-corrected chi connectivity index (χ0v) is 10.1. The molecule has 88 valence electrons. The largest absolute Gasteiger partial charge is 0.387 e. The maximum atomic E-state index is 10.1. The lowest BCUT2D eigenvalue weighted by atomic mass is 9.72. The molecule has 1 saturated heterocycles. The summed E-state index contributed by atoms with van der Waals surface area (Å²) in [6, 6.07) is 0. The Morgan fingerprint density at radius 3 is 2.20 bits per heavy atom. The van der Waals surface area contributed by atoms with Crippen molar-refractivity contribution in [3.63, 3.8) is 0 Å². The van der Waals surface area contributed by atoms with Gasteiger partial charge in [0, 0.05) is 13.1 Å². The molecule has 0 aromatic rings. The Labute approximate surface area is 93.5 Å². The third kappa shape index (κ3) is 2.73. The van der Waals surface area contributed by atoms with Gasteiger partial charge in [-0.1, -0.05) is 26.7 Å². The molecule has 0 amide bonds. The average molecular weight is 211 g/mol. The molecule has 2 aliphatic rings. The van der Waals surface area contributed by atoms with E-state index in [0.29, 0.717) is 0 Å². The molecular weight excluding hydrogens is 186 g/mol. The second-order valence-electron chi connectivity index (χ2n) is 6.06. The lowest BCUT2D eigenvalue weighted by Crippen LogP contribution is -2.60. The summed E-state index contributed by atoms with van der Waals surface area (Å²) >= 11 is 0. The molecule has 0 atom stereocenters. The predicted molar refractivity (Wildman–Crippen MR) is 62.7 cm³/mol. The van der Waals surface area contributed by atoms with Crippen molar-refractivity contribution in [3.8, 4) is 0 Å². The Hall–Kier alpha value is -0.0800. The average Bonchev–Trinajstić information content (AvgIpc) is 2.16. The first-order valence-electron chi connectivity index (χ1n) is 6.52. The minimum atomic E-state index is -0.352. The van der Waals surface area contributed by atoms with E-state index in [1.807, 2.05) is 0 Å². The molecule has 0 aromatic heterocycles. The highest BCUT2D eigenvalue weighted by molar-refractivity contribution is 4.94. The van der Waals surface area contributed by atoms with Crippen LogP contribution in [0.3, 0.4) is 0 Å². The van der Waals surface area contributed by atoms with Crippen LogP contribution in [0.2, 0.25) is 0 Å². The van der Waals surface area contributed by atoms with Crippen LogP contribution in [0.15, 0.2) is 0 Å². The molecular formula is C13H25NO. The lowest BCUT2D eigenvalue weighted by Gasteiger charge is -2.42. The first kappa shape index (κ1) is 11.4. The zero-order chi connectivity index (χ0) is 10.9. The van der Waals surface area contributed by atoms with Gasteiger partial charge in [0.25, 0.3) is 0 Å². The summed E-state index contributed by atoms with van der Waals surface area (Å²) in [5, 5.41) is 13.2. The molecule has 0 bridgehead atoms. The lowest BCUT2D eigenvalue weighted by molar-refractivity contribution is -0.0365. The molecule has 1 heterocycles. The van der Waals surface area contributed by atoms with Crippen molar-refractivity contribution < 1.29 is 5.11 Å². The van der Waals surface area contributed by atoms with Gasteiger partial charge in [-0.3, -0.25) is 0 Å². The molecule has 2 rings (SSSR count). The van der Waals surface area contributed by atoms with Crippen LogP contribution in [-0.2, 0) is 0 Å². The Morgan fingerprint density at radius 1 is 1.20 bits per heavy atom. The number of rotatable bonds is 3. The van der Waals surface area contributed by atoms with Gasteiger partial charge in [-0.15, -0.1) is 0 Å². The van der Waals surface area contributed by atoms with Gasteiger partial charge in [-0.25, -0.2) is 0 Å². The fourth-order valence-corrected chi connectivity index (χ4v) is 3.15. The van der Waals surface area contributed by atoms with E-state index in [1.54, 1.807) is 0 Å². The first-order valence-corrected chi connectivity index (χ1v) is 6.52. The Bertz CT molecular complexity index is 203. The molecule has 2 fully saturated rings. The molecule has 15 heavy (non-hydrogen) atoms. The van der Waals surface area contributed by atoms with Crippen LogP contribution in [0.1, 0.15) is 46.0 Å². The molecule has 0 radical (unpaired) electrons. The molecule has 0 unspecified atom stereocenters. The summed E-state index contributed by atoms with van der Waals surface area (Å²) in [5.74, 6) is 2.57. The molecule has 1 aliphatic heterocycles. The van der Waals surface area contributed by atoms with Crippen LogP contribution in [0.25, 0.3) is 0 Å². The maximum Gasteiger partial charge on any atom is 0.0897 e. The van der Waals surface area contributed by atoms with Crippen molar-refractivity contribution in [1.29, 1.82) is 0 Å². The van der Waals surface area contributed by atoms with E-state index in [1.165, 1.54) is 25.7 Å². The monoisotopic (exact) mass is 211 g/mol. The predicted octanol–water partition coefficient (Wildman–Crippen LogP) is 2.17. The van der Waals surface area contributed by atoms with Gasteiger partial charge in [0.05, 0.1) is 5.60 Å². The number of nitrogens with one attached hydrogen (secondary N) is 1. The highest BCUT2D eigenvalue weighted by Crippen LogP contribution is 2.37. The second kappa shape index (κ2) is 4.42. The second-order valence-corrected chi connectivity index (χ2v) is 6.06. The van der Waals surface area contributed by atoms with Gasteiger partial charge in [0.15, 0.2) is 0 Å². The van der Waals surface area contributed by atoms with Crippen LogP contribution in [-0.4, -0.2) is 23.8 Å². The van der Waals surface area contributed by atoms with Gasteiger partial charge in [-0.05, 0) is 37.0 Å². The SMILES string of the molecule is CC(C)C1CCC(CC2(O)CNC2)CC1. The van der Waals surface area contributed by atoms with Crippen LogP contribution in [0, 0.1) is 17.8 Å². The molecule has 2 nitrogen and oxygen atoms in total. The summed E-state index contributed by atoms with van der Waals surface area (Å²) < 4.78 is 0. The van der Waals surface area contributed by atoms with E-state index in [4.69, 9.17) is 0 Å². The normalized spacial score (nSPS) is 35.2. The highest BCUT2D eigenvalue weighted by Gasteiger charge is 2.37. The highest BCUT2D eigenvalue weighted by atomic mass is 16.3. The van der Waals surface area contributed by atoms with Gasteiger partial charge in [-0.2, -0.15) is 0 Å². The third-order valence-electron chi connectivity index (χ3n) is 4.41. The smallest absolute Gasteiger partial charge is 0.0897 e. The standard InChI is InChI=1S/C13H25NO/c1-10(2)12-5-3-11(4-6-12)7-13(15)8-14-9-13/h10-12,14-15H,3-9H2,1-2H3. The topological polar surface area (TPSA) is 32.3 Å². The van der Waals surface area contributed by atoms with E-state index in [2.05, 4.69) is 19.2 Å². The number of aliphatic hydroxyl groups is 1. The van der Waals surface area contributed by atoms with Crippen LogP contribution >= 0.6 is 0 Å². The van der Waals surface area contributed by atoms with E-state index in [-0.39, 0.29) is 5.60 Å². The van der Waals surface area contributed by atoms with Gasteiger partial charge >= 0.3 is 0 Å². The fraction of sp³-hybridized carbons (Fsp3) is 1.00. The van der Waals surface area contributed by atoms with E-state index in [9.17, 15) is 5.11 Å². The van der Waals surface area contributed by atoms with Crippen molar-refractivity contribution in [2.24, 2.45) is 17.8 Å². The molecule has 1 saturated carbocycles. The summed E-state index contributed by atoms with van der Waals surface area (Å²) in [6.07, 6.45) is 6.47. The van der Waals surface area contributed by atoms with Crippen molar-refractivity contribution in [3.05, 3.63) is 0 Å². The Kier molecular flexibility index (Phi) is 3.36. The summed E-state index contributed by atoms with van der Waals surface area (Å²) in [4.78, 5) is 0. The van der Waals surface area contributed by atoms with Gasteiger partial charge < -0.3 is 10.4 Å². The molecule has 2 N–H and O–H groups in total. The van der Waals surface area contributed by atoms with E-state index >= 15 is 0 Å². The fourth-order valence-electron chi connectivity index (χ4n) is 3.15. The first-order chi connectivity index (χ1) is 7.09. The Balaban J connectivity index is 1.73.